The molecule has 1 N–H and O–H groups in total. The van der Waals surface area contributed by atoms with E-state index in [1.807, 2.05) is 0 Å². The maximum Gasteiger partial charge on any atom is 0.231 e. The Labute approximate surface area is 144 Å². The van der Waals surface area contributed by atoms with Crippen molar-refractivity contribution in [2.24, 2.45) is 0 Å². The highest BCUT2D eigenvalue weighted by molar-refractivity contribution is 5.95. The summed E-state index contributed by atoms with van der Waals surface area (Å²) in [6.07, 6.45) is 0.0739. The zero-order valence-electron chi connectivity index (χ0n) is 13.6. The van der Waals surface area contributed by atoms with E-state index in [4.69, 9.17) is 9.47 Å². The monoisotopic (exact) mass is 344 g/mol. The molecule has 25 heavy (non-hydrogen) atoms. The molecule has 130 valence electrons. The molecule has 2 aromatic rings. The van der Waals surface area contributed by atoms with Gasteiger partial charge in [0, 0.05) is 37.3 Å². The molecular formula is C18H17FN2O4. The lowest BCUT2D eigenvalue weighted by molar-refractivity contribution is -0.117. The lowest BCUT2D eigenvalue weighted by atomic mass is 10.2. The van der Waals surface area contributed by atoms with Crippen LogP contribution in [0.3, 0.4) is 0 Å². The number of ether oxygens (including phenoxy) is 2. The predicted octanol–water partition coefficient (Wildman–Crippen LogP) is 2.94. The van der Waals surface area contributed by atoms with Gasteiger partial charge in [-0.1, -0.05) is 6.07 Å². The van der Waals surface area contributed by atoms with Crippen molar-refractivity contribution in [2.75, 3.05) is 23.6 Å². The topological polar surface area (TPSA) is 67.9 Å². The zero-order chi connectivity index (χ0) is 17.8. The fraction of sp³-hybridized carbons (Fsp3) is 0.222. The van der Waals surface area contributed by atoms with Crippen LogP contribution in [-0.2, 0) is 9.59 Å². The van der Waals surface area contributed by atoms with E-state index >= 15 is 0 Å². The first kappa shape index (κ1) is 16.8. The second-order valence-electron chi connectivity index (χ2n) is 5.52. The molecule has 0 unspecified atom stereocenters. The van der Waals surface area contributed by atoms with Gasteiger partial charge in [0.2, 0.25) is 18.6 Å². The number of carbonyl (C=O) groups excluding carboxylic acids is 2. The van der Waals surface area contributed by atoms with Crippen LogP contribution in [-0.4, -0.2) is 25.2 Å². The third-order valence-corrected chi connectivity index (χ3v) is 3.72. The van der Waals surface area contributed by atoms with Gasteiger partial charge in [-0.05, 0) is 30.3 Å². The number of hydrogen-bond donors (Lipinski definition) is 1. The molecule has 3 rings (SSSR count). The molecular weight excluding hydrogens is 327 g/mol. The smallest absolute Gasteiger partial charge is 0.231 e. The van der Waals surface area contributed by atoms with Crippen LogP contribution < -0.4 is 19.7 Å². The molecule has 0 saturated heterocycles. The molecule has 0 aromatic heterocycles. The van der Waals surface area contributed by atoms with Gasteiger partial charge in [-0.2, -0.15) is 0 Å². The van der Waals surface area contributed by atoms with Crippen LogP contribution in [0.25, 0.3) is 0 Å². The van der Waals surface area contributed by atoms with Crippen LogP contribution in [0.2, 0.25) is 0 Å². The molecule has 6 nitrogen and oxygen atoms in total. The Bertz CT molecular complexity index is 809. The van der Waals surface area contributed by atoms with Crippen molar-refractivity contribution in [1.29, 1.82) is 0 Å². The van der Waals surface area contributed by atoms with Crippen LogP contribution in [0.5, 0.6) is 11.5 Å². The van der Waals surface area contributed by atoms with Gasteiger partial charge in [-0.3, -0.25) is 9.59 Å². The van der Waals surface area contributed by atoms with E-state index in [1.54, 1.807) is 24.3 Å². The molecule has 0 saturated carbocycles. The molecule has 0 bridgehead atoms. The number of hydrogen-bond acceptors (Lipinski definition) is 4. The lowest BCUT2D eigenvalue weighted by Gasteiger charge is -2.21. The predicted molar refractivity (Wildman–Crippen MR) is 90.2 cm³/mol. The highest BCUT2D eigenvalue weighted by Crippen LogP contribution is 2.35. The molecule has 0 spiro atoms. The molecule has 2 aromatic carbocycles. The first-order chi connectivity index (χ1) is 12.0. The van der Waals surface area contributed by atoms with Crippen molar-refractivity contribution < 1.29 is 23.5 Å². The summed E-state index contributed by atoms with van der Waals surface area (Å²) in [6, 6.07) is 10.8. The standard InChI is InChI=1S/C18H17FN2O4/c1-12(22)21(15-5-6-16-17(10-15)25-11-24-16)8-7-18(23)20-14-4-2-3-13(19)9-14/h2-6,9-10H,7-8,11H2,1H3,(H,20,23). The minimum Gasteiger partial charge on any atom is -0.454 e. The number of nitrogens with zero attached hydrogens (tertiary/aromatic N) is 1. The number of rotatable bonds is 5. The van der Waals surface area contributed by atoms with Crippen molar-refractivity contribution in [3.8, 4) is 11.5 Å². The van der Waals surface area contributed by atoms with Gasteiger partial charge >= 0.3 is 0 Å². The Balaban J connectivity index is 1.64. The minimum absolute atomic E-state index is 0.0739. The zero-order valence-corrected chi connectivity index (χ0v) is 13.6. The van der Waals surface area contributed by atoms with Gasteiger partial charge in [0.25, 0.3) is 0 Å². The van der Waals surface area contributed by atoms with Crippen molar-refractivity contribution in [1.82, 2.24) is 0 Å². The Kier molecular flexibility index (Phi) is 4.83. The first-order valence-corrected chi connectivity index (χ1v) is 7.76. The van der Waals surface area contributed by atoms with E-state index in [0.717, 1.165) is 0 Å². The minimum atomic E-state index is -0.427. The third kappa shape index (κ3) is 4.06. The number of carbonyl (C=O) groups is 2. The average molecular weight is 344 g/mol. The Morgan fingerprint density at radius 1 is 1.16 bits per heavy atom. The van der Waals surface area contributed by atoms with Gasteiger partial charge < -0.3 is 19.7 Å². The molecule has 0 aliphatic carbocycles. The summed E-state index contributed by atoms with van der Waals surface area (Å²) in [7, 11) is 0. The molecule has 1 aliphatic rings. The number of fused-ring (bicyclic) bond motifs is 1. The second-order valence-corrected chi connectivity index (χ2v) is 5.52. The summed E-state index contributed by atoms with van der Waals surface area (Å²) in [6.45, 7) is 1.76. The Hall–Kier alpha value is -3.09. The Morgan fingerprint density at radius 3 is 2.72 bits per heavy atom. The quantitative estimate of drug-likeness (QED) is 0.905. The number of nitrogens with one attached hydrogen (secondary N) is 1. The van der Waals surface area contributed by atoms with E-state index < -0.39 is 5.82 Å². The van der Waals surface area contributed by atoms with E-state index in [2.05, 4.69) is 5.32 Å². The highest BCUT2D eigenvalue weighted by atomic mass is 19.1. The van der Waals surface area contributed by atoms with Crippen LogP contribution >= 0.6 is 0 Å². The van der Waals surface area contributed by atoms with Gasteiger partial charge in [-0.15, -0.1) is 0 Å². The summed E-state index contributed by atoms with van der Waals surface area (Å²) in [5, 5.41) is 2.61. The molecule has 0 atom stereocenters. The SMILES string of the molecule is CC(=O)N(CCC(=O)Nc1cccc(F)c1)c1ccc2c(c1)OCO2. The van der Waals surface area contributed by atoms with E-state index in [-0.39, 0.29) is 31.6 Å². The fourth-order valence-electron chi connectivity index (χ4n) is 2.52. The number of amides is 2. The van der Waals surface area contributed by atoms with Gasteiger partial charge in [0.15, 0.2) is 11.5 Å². The van der Waals surface area contributed by atoms with Crippen LogP contribution in [0.4, 0.5) is 15.8 Å². The van der Waals surface area contributed by atoms with Crippen molar-refractivity contribution in [2.45, 2.75) is 13.3 Å². The number of halogens is 1. The summed E-state index contributed by atoms with van der Waals surface area (Å²) in [5.41, 5.74) is 0.998. The molecule has 1 aliphatic heterocycles. The Morgan fingerprint density at radius 2 is 1.96 bits per heavy atom. The molecule has 0 fully saturated rings. The maximum atomic E-state index is 13.1. The third-order valence-electron chi connectivity index (χ3n) is 3.72. The number of benzene rings is 2. The van der Waals surface area contributed by atoms with Crippen LogP contribution in [0, 0.1) is 5.82 Å². The molecule has 2 amide bonds. The highest BCUT2D eigenvalue weighted by Gasteiger charge is 2.19. The number of anilines is 2. The van der Waals surface area contributed by atoms with E-state index in [9.17, 15) is 14.0 Å². The van der Waals surface area contributed by atoms with Gasteiger partial charge in [0.1, 0.15) is 5.82 Å². The second kappa shape index (κ2) is 7.21. The largest absolute Gasteiger partial charge is 0.454 e. The lowest BCUT2D eigenvalue weighted by Crippen LogP contribution is -2.31. The molecule has 7 heteroatoms. The van der Waals surface area contributed by atoms with Gasteiger partial charge in [0.05, 0.1) is 0 Å². The van der Waals surface area contributed by atoms with E-state index in [0.29, 0.717) is 22.9 Å². The van der Waals surface area contributed by atoms with Crippen LogP contribution in [0.15, 0.2) is 42.5 Å². The normalized spacial score (nSPS) is 11.9. The maximum absolute atomic E-state index is 13.1. The summed E-state index contributed by atoms with van der Waals surface area (Å²) >= 11 is 0. The van der Waals surface area contributed by atoms with Crippen molar-refractivity contribution >= 4 is 23.2 Å². The van der Waals surface area contributed by atoms with Gasteiger partial charge in [-0.25, -0.2) is 4.39 Å². The van der Waals surface area contributed by atoms with E-state index in [1.165, 1.54) is 30.0 Å². The van der Waals surface area contributed by atoms with Crippen molar-refractivity contribution in [3.05, 3.63) is 48.3 Å². The molecule has 0 radical (unpaired) electrons. The first-order valence-electron chi connectivity index (χ1n) is 7.76. The summed E-state index contributed by atoms with van der Waals surface area (Å²) < 4.78 is 23.7. The van der Waals surface area contributed by atoms with Crippen LogP contribution in [0.1, 0.15) is 13.3 Å². The molecule has 1 heterocycles. The van der Waals surface area contributed by atoms with Crippen molar-refractivity contribution in [3.63, 3.8) is 0 Å². The average Bonchev–Trinajstić information content (AvgIpc) is 3.02. The summed E-state index contributed by atoms with van der Waals surface area (Å²) in [4.78, 5) is 25.5. The summed E-state index contributed by atoms with van der Waals surface area (Å²) in [5.74, 6) is 0.252. The fourth-order valence-corrected chi connectivity index (χ4v) is 2.52.